The molecule has 1 heterocycles. The Morgan fingerprint density at radius 1 is 1.47 bits per heavy atom. The maximum Gasteiger partial charge on any atom is 0.358 e. The minimum atomic E-state index is -0.436. The average Bonchev–Trinajstić information content (AvgIpc) is 3.23. The molecule has 5 nitrogen and oxygen atoms in total. The number of aromatic nitrogens is 2. The van der Waals surface area contributed by atoms with Crippen LogP contribution in [0.4, 0.5) is 5.82 Å². The summed E-state index contributed by atoms with van der Waals surface area (Å²) in [5, 5.41) is 0. The number of esters is 1. The molecule has 1 saturated carbocycles. The summed E-state index contributed by atoms with van der Waals surface area (Å²) in [6.07, 6.45) is 6.68. The molecule has 1 aliphatic rings. The van der Waals surface area contributed by atoms with Crippen molar-refractivity contribution in [1.82, 2.24) is 9.97 Å². The van der Waals surface area contributed by atoms with Crippen molar-refractivity contribution in [3.63, 3.8) is 0 Å². The summed E-state index contributed by atoms with van der Waals surface area (Å²) in [6.45, 7) is 5.38. The number of hydrogen-bond acceptors (Lipinski definition) is 5. The summed E-state index contributed by atoms with van der Waals surface area (Å²) < 4.78 is 4.69. The predicted octanol–water partition coefficient (Wildman–Crippen LogP) is 2.28. The molecule has 0 bridgehead atoms. The Bertz CT molecular complexity index is 444. The molecule has 0 unspecified atom stereocenters. The number of ether oxygens (including phenoxy) is 1. The highest BCUT2D eigenvalue weighted by Gasteiger charge is 2.30. The van der Waals surface area contributed by atoms with Gasteiger partial charge >= 0.3 is 5.97 Å². The molecule has 0 saturated heterocycles. The van der Waals surface area contributed by atoms with Crippen molar-refractivity contribution < 1.29 is 9.53 Å². The Labute approximate surface area is 114 Å². The normalized spacial score (nSPS) is 14.5. The van der Waals surface area contributed by atoms with E-state index in [4.69, 9.17) is 0 Å². The number of carbonyl (C=O) groups is 1. The highest BCUT2D eigenvalue weighted by atomic mass is 16.5. The van der Waals surface area contributed by atoms with Gasteiger partial charge in [0.2, 0.25) is 0 Å². The van der Waals surface area contributed by atoms with Crippen molar-refractivity contribution in [1.29, 1.82) is 0 Å². The monoisotopic (exact) mass is 263 g/mol. The first kappa shape index (κ1) is 13.8. The minimum absolute atomic E-state index is 0.273. The molecule has 1 fully saturated rings. The van der Waals surface area contributed by atoms with Crippen LogP contribution in [0.3, 0.4) is 0 Å². The van der Waals surface area contributed by atoms with Gasteiger partial charge in [0.05, 0.1) is 19.5 Å². The van der Waals surface area contributed by atoms with Gasteiger partial charge in [0, 0.05) is 12.6 Å². The number of anilines is 1. The van der Waals surface area contributed by atoms with Gasteiger partial charge in [0.15, 0.2) is 5.69 Å². The molecule has 0 N–H and O–H groups in total. The molecule has 104 valence electrons. The zero-order chi connectivity index (χ0) is 13.8. The Morgan fingerprint density at radius 2 is 2.21 bits per heavy atom. The fraction of sp³-hybridized carbons (Fsp3) is 0.643. The molecule has 0 amide bonds. The van der Waals surface area contributed by atoms with E-state index in [1.165, 1.54) is 26.1 Å². The van der Waals surface area contributed by atoms with Crippen LogP contribution in [0, 0.1) is 5.92 Å². The van der Waals surface area contributed by atoms with Crippen molar-refractivity contribution in [2.75, 3.05) is 18.6 Å². The first-order valence-electron chi connectivity index (χ1n) is 6.78. The van der Waals surface area contributed by atoms with Crippen LogP contribution in [0.1, 0.15) is 43.6 Å². The highest BCUT2D eigenvalue weighted by molar-refractivity contribution is 5.87. The Kier molecular flexibility index (Phi) is 4.35. The van der Waals surface area contributed by atoms with E-state index < -0.39 is 5.97 Å². The van der Waals surface area contributed by atoms with Crippen LogP contribution in [-0.2, 0) is 4.74 Å². The van der Waals surface area contributed by atoms with Gasteiger partial charge in [-0.2, -0.15) is 0 Å². The van der Waals surface area contributed by atoms with Crippen LogP contribution in [0.25, 0.3) is 0 Å². The van der Waals surface area contributed by atoms with E-state index in [1.54, 1.807) is 6.20 Å². The van der Waals surface area contributed by atoms with E-state index in [0.717, 1.165) is 18.8 Å². The van der Waals surface area contributed by atoms with E-state index in [0.29, 0.717) is 12.0 Å². The summed E-state index contributed by atoms with van der Waals surface area (Å²) in [5.74, 6) is 0.998. The maximum atomic E-state index is 11.5. The number of rotatable bonds is 6. The Balaban J connectivity index is 2.14. The van der Waals surface area contributed by atoms with Crippen molar-refractivity contribution in [3.8, 4) is 0 Å². The van der Waals surface area contributed by atoms with Gasteiger partial charge in [-0.05, 0) is 25.2 Å². The van der Waals surface area contributed by atoms with E-state index in [1.807, 2.05) is 0 Å². The predicted molar refractivity (Wildman–Crippen MR) is 73.2 cm³/mol. The lowest BCUT2D eigenvalue weighted by atomic mass is 10.1. The summed E-state index contributed by atoms with van der Waals surface area (Å²) in [7, 11) is 1.36. The van der Waals surface area contributed by atoms with Crippen molar-refractivity contribution in [3.05, 3.63) is 18.1 Å². The second-order valence-electron chi connectivity index (χ2n) is 5.36. The van der Waals surface area contributed by atoms with Crippen LogP contribution < -0.4 is 4.90 Å². The van der Waals surface area contributed by atoms with E-state index in [2.05, 4.69) is 33.5 Å². The summed E-state index contributed by atoms with van der Waals surface area (Å²) in [6, 6.07) is 0.556. The Hall–Kier alpha value is -1.65. The molecule has 0 atom stereocenters. The van der Waals surface area contributed by atoms with Crippen LogP contribution in [0.2, 0.25) is 0 Å². The molecule has 1 aromatic heterocycles. The second-order valence-corrected chi connectivity index (χ2v) is 5.36. The quantitative estimate of drug-likeness (QED) is 0.737. The van der Waals surface area contributed by atoms with Gasteiger partial charge in [0.25, 0.3) is 0 Å². The Morgan fingerprint density at radius 3 is 2.79 bits per heavy atom. The molecule has 19 heavy (non-hydrogen) atoms. The number of hydrogen-bond donors (Lipinski definition) is 0. The number of methoxy groups -OCH3 is 1. The molecule has 0 spiro atoms. The fourth-order valence-electron chi connectivity index (χ4n) is 1.96. The van der Waals surface area contributed by atoms with Crippen LogP contribution >= 0.6 is 0 Å². The van der Waals surface area contributed by atoms with E-state index in [9.17, 15) is 4.79 Å². The molecule has 2 rings (SSSR count). The topological polar surface area (TPSA) is 55.3 Å². The van der Waals surface area contributed by atoms with Gasteiger partial charge in [-0.15, -0.1) is 0 Å². The summed E-state index contributed by atoms with van der Waals surface area (Å²) in [4.78, 5) is 22.2. The third kappa shape index (κ3) is 3.66. The molecule has 5 heteroatoms. The lowest BCUT2D eigenvalue weighted by Gasteiger charge is -2.24. The standard InChI is InChI=1S/C14H21N3O2/c1-10(2)6-7-17(11-4-5-11)13-9-15-8-12(16-13)14(18)19-3/h8-11H,4-7H2,1-3H3. The van der Waals surface area contributed by atoms with Crippen molar-refractivity contribution >= 4 is 11.8 Å². The van der Waals surface area contributed by atoms with Crippen molar-refractivity contribution in [2.45, 2.75) is 39.2 Å². The average molecular weight is 263 g/mol. The number of carbonyl (C=O) groups excluding carboxylic acids is 1. The van der Waals surface area contributed by atoms with Gasteiger partial charge in [-0.25, -0.2) is 9.78 Å². The third-order valence-electron chi connectivity index (χ3n) is 3.25. The van der Waals surface area contributed by atoms with Crippen LogP contribution in [-0.4, -0.2) is 35.6 Å². The first-order valence-corrected chi connectivity index (χ1v) is 6.78. The maximum absolute atomic E-state index is 11.5. The molecule has 0 aromatic carbocycles. The fourth-order valence-corrected chi connectivity index (χ4v) is 1.96. The van der Waals surface area contributed by atoms with Crippen LogP contribution in [0.15, 0.2) is 12.4 Å². The van der Waals surface area contributed by atoms with Gasteiger partial charge in [-0.1, -0.05) is 13.8 Å². The third-order valence-corrected chi connectivity index (χ3v) is 3.25. The molecular formula is C14H21N3O2. The zero-order valence-corrected chi connectivity index (χ0v) is 11.8. The highest BCUT2D eigenvalue weighted by Crippen LogP contribution is 2.30. The van der Waals surface area contributed by atoms with Crippen molar-refractivity contribution in [2.24, 2.45) is 5.92 Å². The summed E-state index contributed by atoms with van der Waals surface area (Å²) in [5.41, 5.74) is 0.273. The van der Waals surface area contributed by atoms with Gasteiger partial charge in [-0.3, -0.25) is 4.98 Å². The molecule has 1 aromatic rings. The molecule has 0 radical (unpaired) electrons. The lowest BCUT2D eigenvalue weighted by Crippen LogP contribution is -2.29. The molecule has 0 aliphatic heterocycles. The lowest BCUT2D eigenvalue weighted by molar-refractivity contribution is 0.0593. The first-order chi connectivity index (χ1) is 9.11. The number of nitrogens with zero attached hydrogens (tertiary/aromatic N) is 3. The largest absolute Gasteiger partial charge is 0.464 e. The SMILES string of the molecule is COC(=O)c1cncc(N(CCC(C)C)C2CC2)n1. The smallest absolute Gasteiger partial charge is 0.358 e. The van der Waals surface area contributed by atoms with E-state index >= 15 is 0 Å². The van der Waals surface area contributed by atoms with Gasteiger partial charge < -0.3 is 9.64 Å². The molecular weight excluding hydrogens is 242 g/mol. The van der Waals surface area contributed by atoms with Gasteiger partial charge in [0.1, 0.15) is 5.82 Å². The molecule has 1 aliphatic carbocycles. The summed E-state index contributed by atoms with van der Waals surface area (Å²) >= 11 is 0. The minimum Gasteiger partial charge on any atom is -0.464 e. The zero-order valence-electron chi connectivity index (χ0n) is 11.8. The van der Waals surface area contributed by atoms with Crippen LogP contribution in [0.5, 0.6) is 0 Å². The van der Waals surface area contributed by atoms with E-state index in [-0.39, 0.29) is 5.69 Å². The second kappa shape index (κ2) is 5.99.